The number of aliphatic hydroxyl groups excluding tert-OH is 1. The van der Waals surface area contributed by atoms with Crippen LogP contribution in [0.2, 0.25) is 5.02 Å². The van der Waals surface area contributed by atoms with Gasteiger partial charge in [0.25, 0.3) is 0 Å². The van der Waals surface area contributed by atoms with Crippen LogP contribution in [0.15, 0.2) is 24.5 Å². The zero-order valence-corrected chi connectivity index (χ0v) is 12.1. The lowest BCUT2D eigenvalue weighted by Crippen LogP contribution is -2.29. The molecule has 19 heavy (non-hydrogen) atoms. The van der Waals surface area contributed by atoms with Crippen molar-refractivity contribution < 1.29 is 5.11 Å². The number of fused-ring (bicyclic) bond motifs is 1. The molecule has 2 N–H and O–H groups in total. The maximum Gasteiger partial charge on any atom is 0.137 e. The molecule has 0 fully saturated rings. The summed E-state index contributed by atoms with van der Waals surface area (Å²) in [6, 6.07) is 3.74. The fourth-order valence-electron chi connectivity index (χ4n) is 2.02. The summed E-state index contributed by atoms with van der Waals surface area (Å²) in [6.45, 7) is 6.07. The SMILES string of the molecule is CC(C)(CCO)CNCc1cn2cc(Cl)ccc2n1. The molecule has 0 atom stereocenters. The number of aliphatic hydroxyl groups is 1. The number of nitrogens with zero attached hydrogens (tertiary/aromatic N) is 2. The highest BCUT2D eigenvalue weighted by Gasteiger charge is 2.16. The topological polar surface area (TPSA) is 49.6 Å². The van der Waals surface area contributed by atoms with Gasteiger partial charge >= 0.3 is 0 Å². The molecule has 0 bridgehead atoms. The maximum atomic E-state index is 8.98. The minimum Gasteiger partial charge on any atom is -0.396 e. The van der Waals surface area contributed by atoms with Crippen molar-refractivity contribution in [2.75, 3.05) is 13.2 Å². The third-order valence-corrected chi connectivity index (χ3v) is 3.39. The first kappa shape index (κ1) is 14.3. The number of pyridine rings is 1. The highest BCUT2D eigenvalue weighted by molar-refractivity contribution is 6.30. The van der Waals surface area contributed by atoms with Gasteiger partial charge in [0.2, 0.25) is 0 Å². The average Bonchev–Trinajstić information content (AvgIpc) is 2.70. The summed E-state index contributed by atoms with van der Waals surface area (Å²) in [6.07, 6.45) is 4.62. The van der Waals surface area contributed by atoms with Gasteiger partial charge in [0.15, 0.2) is 0 Å². The Hall–Kier alpha value is -1.10. The third-order valence-electron chi connectivity index (χ3n) is 3.16. The molecule has 4 nitrogen and oxygen atoms in total. The van der Waals surface area contributed by atoms with Crippen molar-refractivity contribution >= 4 is 17.2 Å². The molecule has 2 aromatic rings. The molecule has 0 aromatic carbocycles. The minimum atomic E-state index is 0.0945. The van der Waals surface area contributed by atoms with E-state index in [9.17, 15) is 0 Å². The molecule has 0 spiro atoms. The second-order valence-electron chi connectivity index (χ2n) is 5.59. The smallest absolute Gasteiger partial charge is 0.137 e. The molecule has 0 radical (unpaired) electrons. The Morgan fingerprint density at radius 2 is 2.16 bits per heavy atom. The molecule has 0 amide bonds. The van der Waals surface area contributed by atoms with E-state index in [1.54, 1.807) is 0 Å². The maximum absolute atomic E-state index is 8.98. The van der Waals surface area contributed by atoms with Crippen LogP contribution in [0, 0.1) is 5.41 Å². The highest BCUT2D eigenvalue weighted by atomic mass is 35.5. The number of nitrogens with one attached hydrogen (secondary N) is 1. The fraction of sp³-hybridized carbons (Fsp3) is 0.500. The summed E-state index contributed by atoms with van der Waals surface area (Å²) in [5.74, 6) is 0. The second-order valence-corrected chi connectivity index (χ2v) is 6.02. The minimum absolute atomic E-state index is 0.0945. The normalized spacial score (nSPS) is 12.2. The van der Waals surface area contributed by atoms with Crippen molar-refractivity contribution in [3.8, 4) is 0 Å². The van der Waals surface area contributed by atoms with E-state index in [1.165, 1.54) is 0 Å². The van der Waals surface area contributed by atoms with Crippen molar-refractivity contribution in [2.24, 2.45) is 5.41 Å². The van der Waals surface area contributed by atoms with Crippen LogP contribution in [0.3, 0.4) is 0 Å². The lowest BCUT2D eigenvalue weighted by atomic mass is 9.90. The Bertz CT molecular complexity index is 551. The van der Waals surface area contributed by atoms with E-state index in [4.69, 9.17) is 16.7 Å². The van der Waals surface area contributed by atoms with Gasteiger partial charge < -0.3 is 14.8 Å². The van der Waals surface area contributed by atoms with Gasteiger partial charge in [-0.25, -0.2) is 4.98 Å². The van der Waals surface area contributed by atoms with Gasteiger partial charge in [-0.2, -0.15) is 0 Å². The van der Waals surface area contributed by atoms with E-state index < -0.39 is 0 Å². The Labute approximate surface area is 118 Å². The first-order valence-electron chi connectivity index (χ1n) is 6.45. The van der Waals surface area contributed by atoms with Crippen molar-refractivity contribution in [2.45, 2.75) is 26.8 Å². The molecule has 2 aromatic heterocycles. The molecule has 0 unspecified atom stereocenters. The van der Waals surface area contributed by atoms with E-state index in [0.717, 1.165) is 24.3 Å². The van der Waals surface area contributed by atoms with Crippen LogP contribution in [0.1, 0.15) is 26.0 Å². The van der Waals surface area contributed by atoms with E-state index in [1.807, 2.05) is 28.9 Å². The number of halogens is 1. The third kappa shape index (κ3) is 3.93. The Morgan fingerprint density at radius 3 is 2.89 bits per heavy atom. The average molecular weight is 282 g/mol. The first-order chi connectivity index (χ1) is 9.00. The van der Waals surface area contributed by atoms with Crippen LogP contribution in [0.5, 0.6) is 0 Å². The van der Waals surface area contributed by atoms with Crippen molar-refractivity contribution in [1.29, 1.82) is 0 Å². The van der Waals surface area contributed by atoms with Gasteiger partial charge in [-0.3, -0.25) is 0 Å². The predicted octanol–water partition coefficient (Wildman–Crippen LogP) is 2.49. The van der Waals surface area contributed by atoms with Crippen LogP contribution in [-0.4, -0.2) is 27.6 Å². The van der Waals surface area contributed by atoms with Crippen LogP contribution < -0.4 is 5.32 Å². The number of rotatable bonds is 6. The molecule has 0 saturated carbocycles. The fourth-order valence-corrected chi connectivity index (χ4v) is 2.19. The molecule has 0 saturated heterocycles. The molecule has 0 aliphatic carbocycles. The van der Waals surface area contributed by atoms with Crippen LogP contribution in [0.25, 0.3) is 5.65 Å². The monoisotopic (exact) mass is 281 g/mol. The van der Waals surface area contributed by atoms with Gasteiger partial charge in [0.1, 0.15) is 5.65 Å². The number of hydrogen-bond acceptors (Lipinski definition) is 3. The highest BCUT2D eigenvalue weighted by Crippen LogP contribution is 2.18. The summed E-state index contributed by atoms with van der Waals surface area (Å²) in [4.78, 5) is 4.51. The van der Waals surface area contributed by atoms with Gasteiger partial charge in [-0.1, -0.05) is 25.4 Å². The number of aromatic nitrogens is 2. The quantitative estimate of drug-likeness (QED) is 0.855. The standard InChI is InChI=1S/C14H20ClN3O/c1-14(2,5-6-19)10-16-7-12-9-18-8-11(15)3-4-13(18)17-12/h3-4,8-9,16,19H,5-7,10H2,1-2H3. The summed E-state index contributed by atoms with van der Waals surface area (Å²) in [5, 5.41) is 13.1. The van der Waals surface area contributed by atoms with E-state index in [-0.39, 0.29) is 12.0 Å². The lowest BCUT2D eigenvalue weighted by Gasteiger charge is -2.23. The largest absolute Gasteiger partial charge is 0.396 e. The van der Waals surface area contributed by atoms with E-state index in [2.05, 4.69) is 24.1 Å². The van der Waals surface area contributed by atoms with Crippen LogP contribution >= 0.6 is 11.6 Å². The molecular weight excluding hydrogens is 262 g/mol. The Balaban J connectivity index is 1.95. The van der Waals surface area contributed by atoms with Gasteiger partial charge in [0, 0.05) is 32.1 Å². The summed E-state index contributed by atoms with van der Waals surface area (Å²) in [7, 11) is 0. The van der Waals surface area contributed by atoms with Gasteiger partial charge in [-0.05, 0) is 24.0 Å². The zero-order valence-electron chi connectivity index (χ0n) is 11.4. The van der Waals surface area contributed by atoms with Crippen molar-refractivity contribution in [3.05, 3.63) is 35.2 Å². The molecular formula is C14H20ClN3O. The van der Waals surface area contributed by atoms with Crippen LogP contribution in [0.4, 0.5) is 0 Å². The summed E-state index contributed by atoms with van der Waals surface area (Å²) in [5.41, 5.74) is 1.98. The van der Waals surface area contributed by atoms with Gasteiger partial charge in [-0.15, -0.1) is 0 Å². The van der Waals surface area contributed by atoms with Crippen molar-refractivity contribution in [3.63, 3.8) is 0 Å². The van der Waals surface area contributed by atoms with Gasteiger partial charge in [0.05, 0.1) is 10.7 Å². The molecule has 5 heteroatoms. The van der Waals surface area contributed by atoms with Crippen molar-refractivity contribution in [1.82, 2.24) is 14.7 Å². The molecule has 2 heterocycles. The molecule has 2 rings (SSSR count). The number of hydrogen-bond donors (Lipinski definition) is 2. The molecule has 0 aliphatic heterocycles. The lowest BCUT2D eigenvalue weighted by molar-refractivity contribution is 0.207. The molecule has 104 valence electrons. The van der Waals surface area contributed by atoms with E-state index >= 15 is 0 Å². The summed E-state index contributed by atoms with van der Waals surface area (Å²) < 4.78 is 1.93. The number of imidazole rings is 1. The first-order valence-corrected chi connectivity index (χ1v) is 6.83. The second kappa shape index (κ2) is 5.90. The van der Waals surface area contributed by atoms with Crippen LogP contribution in [-0.2, 0) is 6.54 Å². The molecule has 0 aliphatic rings. The Kier molecular flexibility index (Phi) is 4.45. The Morgan fingerprint density at radius 1 is 1.37 bits per heavy atom. The predicted molar refractivity (Wildman–Crippen MR) is 77.4 cm³/mol. The summed E-state index contributed by atoms with van der Waals surface area (Å²) >= 11 is 5.94. The van der Waals surface area contributed by atoms with E-state index in [0.29, 0.717) is 11.6 Å². The zero-order chi connectivity index (χ0) is 13.9.